The molecule has 40 heavy (non-hydrogen) atoms. The molecule has 4 fully saturated rings. The van der Waals surface area contributed by atoms with Gasteiger partial charge in [0.05, 0.1) is 18.4 Å². The van der Waals surface area contributed by atoms with E-state index in [1.54, 1.807) is 6.92 Å². The molecule has 5 rings (SSSR count). The topological polar surface area (TPSA) is 105 Å². The van der Waals surface area contributed by atoms with E-state index in [1.165, 1.54) is 6.92 Å². The minimum absolute atomic E-state index is 0.0211. The zero-order valence-corrected chi connectivity index (χ0v) is 25.2. The molecule has 2 saturated carbocycles. The monoisotopic (exact) mass is 558 g/mol. The van der Waals surface area contributed by atoms with Gasteiger partial charge in [-0.15, -0.1) is 0 Å². The van der Waals surface area contributed by atoms with Gasteiger partial charge in [0.2, 0.25) is 0 Å². The fourth-order valence-electron chi connectivity index (χ4n) is 9.28. The van der Waals surface area contributed by atoms with Crippen molar-refractivity contribution in [2.75, 3.05) is 0 Å². The molecule has 0 aromatic carbocycles. The van der Waals surface area contributed by atoms with Crippen LogP contribution in [0.25, 0.3) is 0 Å². The molecule has 0 aromatic heterocycles. The van der Waals surface area contributed by atoms with Gasteiger partial charge in [-0.1, -0.05) is 33.3 Å². The Bertz CT molecular complexity index is 1120. The number of ketones is 1. The van der Waals surface area contributed by atoms with E-state index in [1.807, 2.05) is 19.9 Å². The van der Waals surface area contributed by atoms with Gasteiger partial charge < -0.3 is 18.9 Å². The summed E-state index contributed by atoms with van der Waals surface area (Å²) in [5.74, 6) is -1.22. The Kier molecular flexibility index (Phi) is 7.29. The van der Waals surface area contributed by atoms with Gasteiger partial charge in [0.25, 0.3) is 0 Å². The molecule has 0 radical (unpaired) electrons. The van der Waals surface area contributed by atoms with Crippen molar-refractivity contribution in [2.24, 2.45) is 28.6 Å². The van der Waals surface area contributed by atoms with E-state index in [0.29, 0.717) is 18.4 Å². The molecule has 3 heterocycles. The summed E-state index contributed by atoms with van der Waals surface area (Å²) in [6.07, 6.45) is 6.01. The second-order valence-corrected chi connectivity index (χ2v) is 14.3. The second kappa shape index (κ2) is 9.95. The van der Waals surface area contributed by atoms with Crippen molar-refractivity contribution in [1.82, 2.24) is 0 Å². The highest BCUT2D eigenvalue weighted by Crippen LogP contribution is 2.64. The van der Waals surface area contributed by atoms with Gasteiger partial charge in [-0.2, -0.15) is 0 Å². The number of rotatable bonds is 3. The first kappa shape index (κ1) is 29.3. The smallest absolute Gasteiger partial charge is 0.333 e. The molecule has 8 nitrogen and oxygen atoms in total. The van der Waals surface area contributed by atoms with Crippen LogP contribution >= 0.6 is 0 Å². The van der Waals surface area contributed by atoms with E-state index in [4.69, 9.17) is 18.9 Å². The van der Waals surface area contributed by atoms with Crippen molar-refractivity contribution in [3.63, 3.8) is 0 Å². The molecule has 0 N–H and O–H groups in total. The van der Waals surface area contributed by atoms with Crippen LogP contribution in [0.1, 0.15) is 106 Å². The number of esters is 3. The lowest BCUT2D eigenvalue weighted by Crippen LogP contribution is -2.49. The van der Waals surface area contributed by atoms with Gasteiger partial charge in [0.15, 0.2) is 17.5 Å². The normalized spacial score (nSPS) is 43.8. The Balaban J connectivity index is 1.52. The molecule has 0 aromatic rings. The van der Waals surface area contributed by atoms with Gasteiger partial charge in [-0.3, -0.25) is 14.4 Å². The average molecular weight is 559 g/mol. The highest BCUT2D eigenvalue weighted by Gasteiger charge is 2.67. The summed E-state index contributed by atoms with van der Waals surface area (Å²) >= 11 is 0. The molecule has 8 heteroatoms. The van der Waals surface area contributed by atoms with Crippen LogP contribution in [0.15, 0.2) is 11.6 Å². The maximum absolute atomic E-state index is 14.2. The predicted molar refractivity (Wildman–Crippen MR) is 146 cm³/mol. The minimum Gasteiger partial charge on any atom is -0.458 e. The number of Topliss-reactive ketones (excluding diaryl/α,β-unsaturated/α-hetero) is 1. The molecule has 9 atom stereocenters. The van der Waals surface area contributed by atoms with Gasteiger partial charge in [0, 0.05) is 24.8 Å². The van der Waals surface area contributed by atoms with Crippen LogP contribution < -0.4 is 0 Å². The third-order valence-corrected chi connectivity index (χ3v) is 11.7. The molecule has 1 spiro atoms. The summed E-state index contributed by atoms with van der Waals surface area (Å²) in [6.45, 7) is 13.9. The third-order valence-electron chi connectivity index (χ3n) is 11.7. The summed E-state index contributed by atoms with van der Waals surface area (Å²) < 4.78 is 24.1. The van der Waals surface area contributed by atoms with E-state index >= 15 is 0 Å². The number of carbonyl (C=O) groups excluding carboxylic acids is 4. The summed E-state index contributed by atoms with van der Waals surface area (Å²) in [5.41, 5.74) is -1.42. The summed E-state index contributed by atoms with van der Waals surface area (Å²) in [6, 6.07) is 0. The zero-order valence-electron chi connectivity index (χ0n) is 25.2. The van der Waals surface area contributed by atoms with E-state index in [2.05, 4.69) is 20.8 Å². The minimum atomic E-state index is -1.04. The number of cyclic esters (lactones) is 1. The van der Waals surface area contributed by atoms with Crippen LogP contribution in [-0.4, -0.2) is 53.2 Å². The fourth-order valence-corrected chi connectivity index (χ4v) is 9.28. The Labute approximate surface area is 237 Å². The van der Waals surface area contributed by atoms with Crippen molar-refractivity contribution in [3.05, 3.63) is 11.6 Å². The number of hydrogen-bond donors (Lipinski definition) is 0. The van der Waals surface area contributed by atoms with Gasteiger partial charge >= 0.3 is 17.9 Å². The van der Waals surface area contributed by atoms with Crippen molar-refractivity contribution < 1.29 is 38.1 Å². The standard InChI is InChI=1S/C32H46O8/c1-18-10-11-23(38-28(18)36)19(2)21-12-14-30(6)13-8-9-25-29(4,5)39-26-15-27(35)40-32(25,26)16-22(34)24(37-20(3)33)17-31(21,30)7/h10,19,21,23-26H,8-9,11-17H2,1-7H3/t19-,21+,23+,24-,25-,26-,30+,31+,32+/m0/s1. The van der Waals surface area contributed by atoms with Crippen molar-refractivity contribution in [2.45, 2.75) is 136 Å². The number of carbonyl (C=O) groups is 4. The number of ether oxygens (including phenoxy) is 4. The second-order valence-electron chi connectivity index (χ2n) is 14.3. The Hall–Kier alpha value is -2.22. The molecule has 0 bridgehead atoms. The molecular weight excluding hydrogens is 512 g/mol. The molecule has 2 aliphatic carbocycles. The van der Waals surface area contributed by atoms with E-state index in [-0.39, 0.29) is 65.3 Å². The predicted octanol–water partition coefficient (Wildman–Crippen LogP) is 5.25. The van der Waals surface area contributed by atoms with Gasteiger partial charge in [-0.05, 0) is 75.5 Å². The van der Waals surface area contributed by atoms with E-state index in [0.717, 1.165) is 32.1 Å². The quantitative estimate of drug-likeness (QED) is 0.342. The molecule has 222 valence electrons. The van der Waals surface area contributed by atoms with Crippen LogP contribution in [0.3, 0.4) is 0 Å². The molecule has 0 unspecified atom stereocenters. The first-order valence-corrected chi connectivity index (χ1v) is 15.1. The van der Waals surface area contributed by atoms with E-state index in [9.17, 15) is 19.2 Å². The maximum Gasteiger partial charge on any atom is 0.333 e. The largest absolute Gasteiger partial charge is 0.458 e. The Morgan fingerprint density at radius 3 is 2.50 bits per heavy atom. The van der Waals surface area contributed by atoms with Gasteiger partial charge in [0.1, 0.15) is 12.2 Å². The molecule has 5 aliphatic rings. The van der Waals surface area contributed by atoms with E-state index < -0.39 is 29.4 Å². The molecule has 3 aliphatic heterocycles. The lowest BCUT2D eigenvalue weighted by Gasteiger charge is -2.49. The Morgan fingerprint density at radius 2 is 1.82 bits per heavy atom. The van der Waals surface area contributed by atoms with Crippen LogP contribution in [0.4, 0.5) is 0 Å². The average Bonchev–Trinajstić information content (AvgIpc) is 3.35. The first-order chi connectivity index (χ1) is 18.6. The number of fused-ring (bicyclic) bond motifs is 1. The van der Waals surface area contributed by atoms with Crippen LogP contribution in [0.5, 0.6) is 0 Å². The van der Waals surface area contributed by atoms with Crippen LogP contribution in [0.2, 0.25) is 0 Å². The number of hydrogen-bond acceptors (Lipinski definition) is 8. The Morgan fingerprint density at radius 1 is 1.10 bits per heavy atom. The summed E-state index contributed by atoms with van der Waals surface area (Å²) in [7, 11) is 0. The van der Waals surface area contributed by atoms with Crippen molar-refractivity contribution in [1.29, 1.82) is 0 Å². The molecular formula is C32H46O8. The maximum atomic E-state index is 14.2. The summed E-state index contributed by atoms with van der Waals surface area (Å²) in [4.78, 5) is 51.5. The van der Waals surface area contributed by atoms with Gasteiger partial charge in [-0.25, -0.2) is 4.79 Å². The molecule has 2 saturated heterocycles. The summed E-state index contributed by atoms with van der Waals surface area (Å²) in [5, 5.41) is 0. The third kappa shape index (κ3) is 4.62. The van der Waals surface area contributed by atoms with Crippen LogP contribution in [-0.2, 0) is 38.1 Å². The SMILES string of the molecule is CC(=O)O[C@H]1C[C@]2(C)[C@@H]([C@H](C)[C@H]3CC=C(C)C(=O)O3)CC[C@@]2(C)CCC[C@H]2C(C)(C)O[C@H]3CC(=O)O[C@@]32CC1=O. The van der Waals surface area contributed by atoms with Crippen molar-refractivity contribution >= 4 is 23.7 Å². The van der Waals surface area contributed by atoms with Crippen LogP contribution in [0, 0.1) is 28.6 Å². The molecule has 0 amide bonds. The lowest BCUT2D eigenvalue weighted by molar-refractivity contribution is -0.164. The zero-order chi connectivity index (χ0) is 29.3. The lowest BCUT2D eigenvalue weighted by atomic mass is 9.57. The highest BCUT2D eigenvalue weighted by molar-refractivity contribution is 5.89. The first-order valence-electron chi connectivity index (χ1n) is 15.1. The van der Waals surface area contributed by atoms with Crippen molar-refractivity contribution in [3.8, 4) is 0 Å². The highest BCUT2D eigenvalue weighted by atomic mass is 16.6. The fraction of sp³-hybridized carbons (Fsp3) is 0.812.